The zero-order chi connectivity index (χ0) is 13.7. The summed E-state index contributed by atoms with van der Waals surface area (Å²) in [5.41, 5.74) is 1.80. The van der Waals surface area contributed by atoms with Gasteiger partial charge in [0.15, 0.2) is 0 Å². The molecule has 1 atom stereocenters. The van der Waals surface area contributed by atoms with Crippen LogP contribution in [0.15, 0.2) is 24.3 Å². The van der Waals surface area contributed by atoms with E-state index in [1.54, 1.807) is 0 Å². The first-order valence-electron chi connectivity index (χ1n) is 7.39. The van der Waals surface area contributed by atoms with Gasteiger partial charge in [-0.1, -0.05) is 19.9 Å². The third-order valence-electron chi connectivity index (χ3n) is 3.64. The molecule has 1 fully saturated rings. The molecule has 0 aromatic heterocycles. The van der Waals surface area contributed by atoms with E-state index in [4.69, 9.17) is 0 Å². The zero-order valence-electron chi connectivity index (χ0n) is 11.9. The van der Waals surface area contributed by atoms with Gasteiger partial charge < -0.3 is 10.6 Å². The van der Waals surface area contributed by atoms with Crippen LogP contribution < -0.4 is 10.6 Å². The summed E-state index contributed by atoms with van der Waals surface area (Å²) < 4.78 is 0. The van der Waals surface area contributed by atoms with Gasteiger partial charge in [-0.05, 0) is 49.8 Å². The van der Waals surface area contributed by atoms with Crippen molar-refractivity contribution in [3.8, 4) is 0 Å². The van der Waals surface area contributed by atoms with E-state index in [0.717, 1.165) is 36.6 Å². The Hall–Kier alpha value is -1.51. The molecule has 0 aliphatic heterocycles. The van der Waals surface area contributed by atoms with Crippen molar-refractivity contribution in [3.63, 3.8) is 0 Å². The maximum Gasteiger partial charge on any atom is 0.251 e. The average Bonchev–Trinajstić information content (AvgIpc) is 3.27. The van der Waals surface area contributed by atoms with Crippen LogP contribution in [0.1, 0.15) is 49.9 Å². The Balaban J connectivity index is 1.99. The maximum atomic E-state index is 11.9. The third kappa shape index (κ3) is 3.98. The number of hydrogen-bond acceptors (Lipinski definition) is 2. The molecule has 1 aliphatic carbocycles. The highest BCUT2D eigenvalue weighted by atomic mass is 16.1. The third-order valence-corrected chi connectivity index (χ3v) is 3.64. The second-order valence-electron chi connectivity index (χ2n) is 5.33. The largest absolute Gasteiger partial charge is 0.382 e. The highest BCUT2D eigenvalue weighted by Gasteiger charge is 2.29. The fourth-order valence-electron chi connectivity index (χ4n) is 2.36. The predicted octanol–water partition coefficient (Wildman–Crippen LogP) is 3.43. The smallest absolute Gasteiger partial charge is 0.251 e. The van der Waals surface area contributed by atoms with Gasteiger partial charge in [0.05, 0.1) is 0 Å². The molecule has 104 valence electrons. The predicted molar refractivity (Wildman–Crippen MR) is 79.5 cm³/mol. The van der Waals surface area contributed by atoms with Crippen molar-refractivity contribution in [2.24, 2.45) is 5.92 Å². The Morgan fingerprint density at radius 2 is 2.16 bits per heavy atom. The summed E-state index contributed by atoms with van der Waals surface area (Å²) in [4.78, 5) is 11.9. The first-order valence-corrected chi connectivity index (χ1v) is 7.39. The molecule has 0 saturated heterocycles. The summed E-state index contributed by atoms with van der Waals surface area (Å²) in [7, 11) is 0. The normalized spacial score (nSPS) is 15.9. The topological polar surface area (TPSA) is 41.1 Å². The number of nitrogens with one attached hydrogen (secondary N) is 2. The van der Waals surface area contributed by atoms with Gasteiger partial charge in [-0.2, -0.15) is 0 Å². The van der Waals surface area contributed by atoms with E-state index >= 15 is 0 Å². The Labute approximate surface area is 115 Å². The maximum absolute atomic E-state index is 11.9. The second-order valence-corrected chi connectivity index (χ2v) is 5.33. The van der Waals surface area contributed by atoms with Crippen LogP contribution in [0.25, 0.3) is 0 Å². The van der Waals surface area contributed by atoms with Crippen LogP contribution in [-0.2, 0) is 0 Å². The van der Waals surface area contributed by atoms with Gasteiger partial charge >= 0.3 is 0 Å². The summed E-state index contributed by atoms with van der Waals surface area (Å²) >= 11 is 0. The Morgan fingerprint density at radius 3 is 2.79 bits per heavy atom. The number of anilines is 1. The van der Waals surface area contributed by atoms with Gasteiger partial charge in [0.2, 0.25) is 0 Å². The van der Waals surface area contributed by atoms with Crippen molar-refractivity contribution in [3.05, 3.63) is 29.8 Å². The van der Waals surface area contributed by atoms with E-state index in [1.807, 2.05) is 24.3 Å². The first-order chi connectivity index (χ1) is 9.24. The lowest BCUT2D eigenvalue weighted by atomic mass is 10.1. The second kappa shape index (κ2) is 6.60. The number of hydrogen-bond donors (Lipinski definition) is 2. The van der Waals surface area contributed by atoms with E-state index in [0.29, 0.717) is 6.04 Å². The molecule has 1 saturated carbocycles. The standard InChI is InChI=1S/C16H24N2O/c1-3-10-17-16(19)13-6-5-7-14(11-13)18-15(4-2)12-8-9-12/h5-7,11-12,15,18H,3-4,8-10H2,1-2H3,(H,17,19). The molecule has 3 nitrogen and oxygen atoms in total. The lowest BCUT2D eigenvalue weighted by molar-refractivity contribution is 0.0953. The average molecular weight is 260 g/mol. The zero-order valence-corrected chi connectivity index (χ0v) is 11.9. The molecular weight excluding hydrogens is 236 g/mol. The molecule has 0 heterocycles. The van der Waals surface area contributed by atoms with Gasteiger partial charge in [0, 0.05) is 23.8 Å². The summed E-state index contributed by atoms with van der Waals surface area (Å²) in [5, 5.41) is 6.47. The number of amides is 1. The van der Waals surface area contributed by atoms with E-state index in [1.165, 1.54) is 12.8 Å². The van der Waals surface area contributed by atoms with Crippen molar-refractivity contribution >= 4 is 11.6 Å². The fraction of sp³-hybridized carbons (Fsp3) is 0.562. The molecule has 2 N–H and O–H groups in total. The van der Waals surface area contributed by atoms with Crippen LogP contribution in [0.2, 0.25) is 0 Å². The highest BCUT2D eigenvalue weighted by molar-refractivity contribution is 5.95. The Morgan fingerprint density at radius 1 is 1.37 bits per heavy atom. The number of carbonyl (C=O) groups is 1. The number of benzene rings is 1. The summed E-state index contributed by atoms with van der Waals surface area (Å²) in [6.45, 7) is 5.00. The van der Waals surface area contributed by atoms with Gasteiger partial charge in [0.25, 0.3) is 5.91 Å². The molecule has 0 radical (unpaired) electrons. The monoisotopic (exact) mass is 260 g/mol. The molecule has 0 spiro atoms. The quantitative estimate of drug-likeness (QED) is 0.788. The molecule has 19 heavy (non-hydrogen) atoms. The minimum Gasteiger partial charge on any atom is -0.382 e. The van der Waals surface area contributed by atoms with Crippen molar-refractivity contribution < 1.29 is 4.79 Å². The molecule has 1 aromatic rings. The number of carbonyl (C=O) groups excluding carboxylic acids is 1. The summed E-state index contributed by atoms with van der Waals surface area (Å²) in [6, 6.07) is 8.36. The van der Waals surface area contributed by atoms with Gasteiger partial charge in [-0.3, -0.25) is 4.79 Å². The van der Waals surface area contributed by atoms with E-state index in [-0.39, 0.29) is 5.91 Å². The molecule has 1 aromatic carbocycles. The molecule has 2 rings (SSSR count). The Kier molecular flexibility index (Phi) is 4.83. The molecule has 1 unspecified atom stereocenters. The van der Waals surface area contributed by atoms with Crippen LogP contribution in [0.5, 0.6) is 0 Å². The van der Waals surface area contributed by atoms with Crippen LogP contribution in [0.4, 0.5) is 5.69 Å². The SMILES string of the molecule is CCCNC(=O)c1cccc(NC(CC)C2CC2)c1. The fourth-order valence-corrected chi connectivity index (χ4v) is 2.36. The molecule has 1 amide bonds. The van der Waals surface area contributed by atoms with Crippen LogP contribution in [0, 0.1) is 5.92 Å². The minimum absolute atomic E-state index is 0.0185. The highest BCUT2D eigenvalue weighted by Crippen LogP contribution is 2.35. The molecule has 3 heteroatoms. The molecular formula is C16H24N2O. The van der Waals surface area contributed by atoms with Gasteiger partial charge in [-0.15, -0.1) is 0 Å². The van der Waals surface area contributed by atoms with Crippen molar-refractivity contribution in [2.75, 3.05) is 11.9 Å². The molecule has 1 aliphatic rings. The Bertz CT molecular complexity index is 427. The van der Waals surface area contributed by atoms with E-state index < -0.39 is 0 Å². The summed E-state index contributed by atoms with van der Waals surface area (Å²) in [5.74, 6) is 0.840. The van der Waals surface area contributed by atoms with Crippen LogP contribution >= 0.6 is 0 Å². The molecule has 0 bridgehead atoms. The minimum atomic E-state index is 0.0185. The lowest BCUT2D eigenvalue weighted by Crippen LogP contribution is -2.24. The van der Waals surface area contributed by atoms with Gasteiger partial charge in [0.1, 0.15) is 0 Å². The number of rotatable bonds is 7. The van der Waals surface area contributed by atoms with Gasteiger partial charge in [-0.25, -0.2) is 0 Å². The van der Waals surface area contributed by atoms with E-state index in [2.05, 4.69) is 24.5 Å². The van der Waals surface area contributed by atoms with E-state index in [9.17, 15) is 4.79 Å². The van der Waals surface area contributed by atoms with Crippen molar-refractivity contribution in [1.82, 2.24) is 5.32 Å². The lowest BCUT2D eigenvalue weighted by Gasteiger charge is -2.18. The van der Waals surface area contributed by atoms with Crippen molar-refractivity contribution in [1.29, 1.82) is 0 Å². The van der Waals surface area contributed by atoms with Crippen molar-refractivity contribution in [2.45, 2.75) is 45.6 Å². The van der Waals surface area contributed by atoms with Crippen LogP contribution in [0.3, 0.4) is 0 Å². The first kappa shape index (κ1) is 13.9. The summed E-state index contributed by atoms with van der Waals surface area (Å²) in [6.07, 6.45) is 4.77. The van der Waals surface area contributed by atoms with Crippen LogP contribution in [-0.4, -0.2) is 18.5 Å².